The van der Waals surface area contributed by atoms with Crippen LogP contribution in [0, 0.1) is 0 Å². The normalized spacial score (nSPS) is 19.5. The molecule has 0 aromatic rings. The number of allylic oxidation sites excluding steroid dienone is 2. The zero-order chi connectivity index (χ0) is 17.0. The highest BCUT2D eigenvalue weighted by Gasteiger charge is 2.61. The van der Waals surface area contributed by atoms with E-state index in [1.165, 1.54) is 14.1 Å². The standard InChI is InChI=1S/C13H16ClF4N3O/c1-4-9(15)11(21(3)20-10(14)8-19-2)22-12(6-5-7-12)13(16,17)18/h4,8H,1,5-7H2,2-3H3/b11-9-,19-8-,20-10+. The first-order chi connectivity index (χ1) is 10.2. The molecule has 0 atom stereocenters. The number of hydrogen-bond donors (Lipinski definition) is 0. The molecule has 1 aliphatic rings. The van der Waals surface area contributed by atoms with E-state index in [1.807, 2.05) is 0 Å². The minimum atomic E-state index is -4.61. The van der Waals surface area contributed by atoms with Gasteiger partial charge in [0.2, 0.25) is 11.5 Å². The van der Waals surface area contributed by atoms with E-state index in [9.17, 15) is 17.6 Å². The van der Waals surface area contributed by atoms with Crippen LogP contribution in [-0.4, -0.2) is 42.3 Å². The van der Waals surface area contributed by atoms with Crippen molar-refractivity contribution in [3.8, 4) is 0 Å². The molecule has 0 unspecified atom stereocenters. The molecule has 0 amide bonds. The second-order valence-corrected chi connectivity index (χ2v) is 5.03. The van der Waals surface area contributed by atoms with Crippen LogP contribution in [0.5, 0.6) is 0 Å². The maximum absolute atomic E-state index is 13.8. The van der Waals surface area contributed by atoms with E-state index in [2.05, 4.69) is 16.7 Å². The summed E-state index contributed by atoms with van der Waals surface area (Å²) in [5.74, 6) is -1.77. The summed E-state index contributed by atoms with van der Waals surface area (Å²) in [5, 5.41) is 4.33. The third kappa shape index (κ3) is 4.00. The Hall–Kier alpha value is -1.57. The Bertz CT molecular complexity index is 510. The van der Waals surface area contributed by atoms with Gasteiger partial charge in [-0.15, -0.1) is 0 Å². The van der Waals surface area contributed by atoms with Gasteiger partial charge in [0.1, 0.15) is 0 Å². The van der Waals surface area contributed by atoms with E-state index in [-0.39, 0.29) is 18.0 Å². The molecule has 0 radical (unpaired) electrons. The van der Waals surface area contributed by atoms with Crippen LogP contribution >= 0.6 is 11.6 Å². The van der Waals surface area contributed by atoms with Gasteiger partial charge in [-0.2, -0.15) is 18.3 Å². The van der Waals surface area contributed by atoms with Gasteiger partial charge in [-0.3, -0.25) is 4.99 Å². The fraction of sp³-hybridized carbons (Fsp3) is 0.538. The van der Waals surface area contributed by atoms with E-state index in [0.29, 0.717) is 6.42 Å². The summed E-state index contributed by atoms with van der Waals surface area (Å²) in [5.41, 5.74) is -2.40. The van der Waals surface area contributed by atoms with E-state index in [4.69, 9.17) is 16.3 Å². The van der Waals surface area contributed by atoms with Crippen molar-refractivity contribution < 1.29 is 22.3 Å². The fourth-order valence-corrected chi connectivity index (χ4v) is 2.02. The first-order valence-corrected chi connectivity index (χ1v) is 6.72. The molecule has 0 N–H and O–H groups in total. The van der Waals surface area contributed by atoms with Crippen LogP contribution in [0.2, 0.25) is 0 Å². The second kappa shape index (κ2) is 7.13. The molecule has 0 aliphatic heterocycles. The summed E-state index contributed by atoms with van der Waals surface area (Å²) in [6.45, 7) is 3.19. The summed E-state index contributed by atoms with van der Waals surface area (Å²) < 4.78 is 58.2. The molecule has 4 nitrogen and oxygen atoms in total. The fourth-order valence-electron chi connectivity index (χ4n) is 1.80. The molecule has 1 aliphatic carbocycles. The lowest BCUT2D eigenvalue weighted by Gasteiger charge is -2.43. The summed E-state index contributed by atoms with van der Waals surface area (Å²) in [6.07, 6.45) is -2.86. The number of ether oxygens (including phenoxy) is 1. The second-order valence-electron chi connectivity index (χ2n) is 4.64. The molecule has 1 saturated carbocycles. The van der Waals surface area contributed by atoms with Gasteiger partial charge in [-0.1, -0.05) is 18.2 Å². The molecule has 0 heterocycles. The molecule has 22 heavy (non-hydrogen) atoms. The van der Waals surface area contributed by atoms with E-state index in [0.717, 1.165) is 17.3 Å². The molecule has 0 bridgehead atoms. The van der Waals surface area contributed by atoms with Crippen LogP contribution in [0.15, 0.2) is 34.5 Å². The van der Waals surface area contributed by atoms with Crippen LogP contribution in [0.3, 0.4) is 0 Å². The largest absolute Gasteiger partial charge is 0.459 e. The summed E-state index contributed by atoms with van der Waals surface area (Å²) >= 11 is 5.69. The molecule has 124 valence electrons. The zero-order valence-electron chi connectivity index (χ0n) is 12.1. The zero-order valence-corrected chi connectivity index (χ0v) is 12.9. The molecular weight excluding hydrogens is 326 g/mol. The van der Waals surface area contributed by atoms with Crippen molar-refractivity contribution in [3.05, 3.63) is 24.4 Å². The lowest BCUT2D eigenvalue weighted by atomic mass is 9.79. The Morgan fingerprint density at radius 2 is 2.00 bits per heavy atom. The number of hydrazone groups is 1. The van der Waals surface area contributed by atoms with E-state index >= 15 is 0 Å². The highest BCUT2D eigenvalue weighted by molar-refractivity contribution is 6.79. The predicted octanol–water partition coefficient (Wildman–Crippen LogP) is 4.00. The van der Waals surface area contributed by atoms with E-state index in [1.54, 1.807) is 0 Å². The number of rotatable bonds is 6. The Morgan fingerprint density at radius 1 is 1.41 bits per heavy atom. The summed E-state index contributed by atoms with van der Waals surface area (Å²) in [6, 6.07) is 0. The molecule has 0 aromatic heterocycles. The van der Waals surface area contributed by atoms with E-state index < -0.39 is 23.5 Å². The Kier molecular flexibility index (Phi) is 5.99. The quantitative estimate of drug-likeness (QED) is 0.241. The lowest BCUT2D eigenvalue weighted by Crippen LogP contribution is -2.53. The van der Waals surface area contributed by atoms with Crippen LogP contribution < -0.4 is 0 Å². The third-order valence-corrected chi connectivity index (χ3v) is 3.30. The van der Waals surface area contributed by atoms with Crippen molar-refractivity contribution in [1.29, 1.82) is 0 Å². The van der Waals surface area contributed by atoms with Gasteiger partial charge < -0.3 is 4.74 Å². The van der Waals surface area contributed by atoms with Crippen molar-refractivity contribution in [2.24, 2.45) is 10.1 Å². The minimum absolute atomic E-state index is 0.141. The van der Waals surface area contributed by atoms with Crippen LogP contribution in [0.4, 0.5) is 17.6 Å². The summed E-state index contributed by atoms with van der Waals surface area (Å²) in [7, 11) is 2.65. The van der Waals surface area contributed by atoms with Crippen molar-refractivity contribution in [3.63, 3.8) is 0 Å². The van der Waals surface area contributed by atoms with Crippen LogP contribution in [0.1, 0.15) is 19.3 Å². The van der Waals surface area contributed by atoms with Gasteiger partial charge in [0, 0.05) is 14.1 Å². The summed E-state index contributed by atoms with van der Waals surface area (Å²) in [4.78, 5) is 3.59. The predicted molar refractivity (Wildman–Crippen MR) is 77.5 cm³/mol. The minimum Gasteiger partial charge on any atom is -0.459 e. The Balaban J connectivity index is 3.11. The first-order valence-electron chi connectivity index (χ1n) is 6.35. The third-order valence-electron chi connectivity index (χ3n) is 3.13. The monoisotopic (exact) mass is 341 g/mol. The van der Waals surface area contributed by atoms with Crippen LogP contribution in [-0.2, 0) is 4.74 Å². The molecule has 0 spiro atoms. The Morgan fingerprint density at radius 3 is 2.36 bits per heavy atom. The van der Waals surface area contributed by atoms with Crippen molar-refractivity contribution in [2.75, 3.05) is 14.1 Å². The average Bonchev–Trinajstić information content (AvgIpc) is 2.35. The molecule has 1 fully saturated rings. The molecule has 1 rings (SSSR count). The van der Waals surface area contributed by atoms with Gasteiger partial charge in [-0.25, -0.2) is 9.40 Å². The van der Waals surface area contributed by atoms with Gasteiger partial charge in [0.15, 0.2) is 11.0 Å². The smallest absolute Gasteiger partial charge is 0.428 e. The molecular formula is C13H16ClF4N3O. The van der Waals surface area contributed by atoms with Gasteiger partial charge >= 0.3 is 6.18 Å². The highest BCUT2D eigenvalue weighted by atomic mass is 35.5. The Labute approximate surface area is 130 Å². The maximum atomic E-state index is 13.8. The van der Waals surface area contributed by atoms with Crippen molar-refractivity contribution in [2.45, 2.75) is 31.0 Å². The topological polar surface area (TPSA) is 37.2 Å². The molecule has 0 saturated heterocycles. The van der Waals surface area contributed by atoms with Gasteiger partial charge in [0.05, 0.1) is 6.21 Å². The lowest BCUT2D eigenvalue weighted by molar-refractivity contribution is -0.298. The average molecular weight is 342 g/mol. The molecule has 9 heteroatoms. The highest BCUT2D eigenvalue weighted by Crippen LogP contribution is 2.49. The number of halogens is 5. The number of aliphatic imine (C=N–C) groups is 1. The van der Waals surface area contributed by atoms with Gasteiger partial charge in [0.25, 0.3) is 0 Å². The SMILES string of the molecule is C=C/C(F)=C(/OC1(C(F)(F)F)CCC1)N(C)/N=C(Cl)\C=N/C. The van der Waals surface area contributed by atoms with Gasteiger partial charge in [-0.05, 0) is 25.3 Å². The maximum Gasteiger partial charge on any atom is 0.428 e. The van der Waals surface area contributed by atoms with Crippen molar-refractivity contribution in [1.82, 2.24) is 5.01 Å². The number of hydrogen-bond acceptors (Lipinski definition) is 4. The molecule has 0 aromatic carbocycles. The number of alkyl halides is 3. The van der Waals surface area contributed by atoms with Crippen LogP contribution in [0.25, 0.3) is 0 Å². The first kappa shape index (κ1) is 18.5. The van der Waals surface area contributed by atoms with Crippen molar-refractivity contribution >= 4 is 23.0 Å². The number of nitrogens with zero attached hydrogens (tertiary/aromatic N) is 3.